The van der Waals surface area contributed by atoms with Gasteiger partial charge < -0.3 is 25.2 Å². The van der Waals surface area contributed by atoms with Crippen molar-refractivity contribution in [2.24, 2.45) is 5.92 Å². The van der Waals surface area contributed by atoms with Gasteiger partial charge in [0.1, 0.15) is 12.1 Å². The van der Waals surface area contributed by atoms with Gasteiger partial charge in [-0.15, -0.1) is 0 Å². The van der Waals surface area contributed by atoms with Crippen LogP contribution in [0.3, 0.4) is 0 Å². The normalized spacial score (nSPS) is 11.7. The molecule has 0 aliphatic heterocycles. The summed E-state index contributed by atoms with van der Waals surface area (Å²) in [4.78, 5) is 35.0. The maximum atomic E-state index is 11.9. The van der Waals surface area contributed by atoms with Gasteiger partial charge >= 0.3 is 12.1 Å². The Morgan fingerprint density at radius 3 is 2.12 bits per heavy atom. The van der Waals surface area contributed by atoms with E-state index in [0.717, 1.165) is 7.11 Å². The Kier molecular flexibility index (Phi) is 13.7. The Bertz CT molecular complexity index is 404. The maximum Gasteiger partial charge on any atom is 0.407 e. The second-order valence-electron chi connectivity index (χ2n) is 6.76. The van der Waals surface area contributed by atoms with Crippen molar-refractivity contribution in [1.29, 1.82) is 0 Å². The molecule has 0 fully saturated rings. The fraction of sp³-hybridized carbons (Fsp3) is 0.824. The molecule has 0 saturated carbocycles. The van der Waals surface area contributed by atoms with Gasteiger partial charge in [-0.1, -0.05) is 13.8 Å². The number of ether oxygens (including phenoxy) is 2. The first-order valence-corrected chi connectivity index (χ1v) is 8.40. The van der Waals surface area contributed by atoms with Crippen molar-refractivity contribution in [2.75, 3.05) is 20.3 Å². The van der Waals surface area contributed by atoms with Crippen LogP contribution < -0.4 is 10.6 Å². The smallest absolute Gasteiger partial charge is 0.407 e. The quantitative estimate of drug-likeness (QED) is 0.565. The van der Waals surface area contributed by atoms with E-state index in [1.807, 2.05) is 13.8 Å². The van der Waals surface area contributed by atoms with Gasteiger partial charge in [0.15, 0.2) is 0 Å². The van der Waals surface area contributed by atoms with Gasteiger partial charge in [-0.3, -0.25) is 9.59 Å². The van der Waals surface area contributed by atoms with E-state index in [0.29, 0.717) is 12.3 Å². The fourth-order valence-corrected chi connectivity index (χ4v) is 1.92. The van der Waals surface area contributed by atoms with E-state index >= 15 is 0 Å². The number of nitrogens with one attached hydrogen (secondary N) is 2. The summed E-state index contributed by atoms with van der Waals surface area (Å²) in [5.41, 5.74) is -0.599. The first-order chi connectivity index (χ1) is 11.5. The molecule has 148 valence electrons. The Labute approximate surface area is 150 Å². The van der Waals surface area contributed by atoms with Crippen molar-refractivity contribution in [3.63, 3.8) is 0 Å². The summed E-state index contributed by atoms with van der Waals surface area (Å²) in [6.45, 7) is 11.1. The number of carbonyl (C=O) groups is 3. The lowest BCUT2D eigenvalue weighted by Gasteiger charge is -2.24. The Balaban J connectivity index is 0. The van der Waals surface area contributed by atoms with Crippen LogP contribution >= 0.6 is 0 Å². The van der Waals surface area contributed by atoms with Gasteiger partial charge in [-0.05, 0) is 40.0 Å². The molecule has 0 radical (unpaired) electrons. The average Bonchev–Trinajstić information content (AvgIpc) is 2.44. The third kappa shape index (κ3) is 16.8. The summed E-state index contributed by atoms with van der Waals surface area (Å²) >= 11 is 0. The third-order valence-corrected chi connectivity index (χ3v) is 2.64. The molecule has 25 heavy (non-hydrogen) atoms. The van der Waals surface area contributed by atoms with Gasteiger partial charge in [-0.25, -0.2) is 4.79 Å². The number of esters is 1. The second kappa shape index (κ2) is 13.5. The van der Waals surface area contributed by atoms with Gasteiger partial charge in [0, 0.05) is 19.6 Å². The summed E-state index contributed by atoms with van der Waals surface area (Å²) in [5, 5.41) is 12.2. The molecule has 0 aromatic rings. The minimum absolute atomic E-state index is 0.0802. The van der Waals surface area contributed by atoms with Crippen molar-refractivity contribution in [3.8, 4) is 0 Å². The predicted molar refractivity (Wildman–Crippen MR) is 95.0 cm³/mol. The molecular weight excluding hydrogens is 328 g/mol. The van der Waals surface area contributed by atoms with E-state index in [9.17, 15) is 14.4 Å². The van der Waals surface area contributed by atoms with Crippen LogP contribution in [0.1, 0.15) is 54.4 Å². The van der Waals surface area contributed by atoms with Crippen molar-refractivity contribution >= 4 is 18.0 Å². The number of carbonyl (C=O) groups excluding carboxylic acids is 3. The summed E-state index contributed by atoms with van der Waals surface area (Å²) < 4.78 is 9.94. The lowest BCUT2D eigenvalue weighted by Crippen LogP contribution is -2.43. The van der Waals surface area contributed by atoms with Gasteiger partial charge in [0.05, 0.1) is 6.61 Å². The van der Waals surface area contributed by atoms with Crippen LogP contribution in [0.25, 0.3) is 0 Å². The van der Waals surface area contributed by atoms with Crippen molar-refractivity contribution in [3.05, 3.63) is 0 Å². The standard InChI is InChI=1S/C16H30N2O5.CH4O/c1-7-22-14(20)10-17-13(19)9-12(8-11(2)3)18-15(21)23-16(4,5)6;1-2/h11-12H,7-10H2,1-6H3,(H,17,19)(H,18,21);2H,1H3. The van der Waals surface area contributed by atoms with Crippen LogP contribution in [0.15, 0.2) is 0 Å². The average molecular weight is 362 g/mol. The largest absolute Gasteiger partial charge is 0.465 e. The third-order valence-electron chi connectivity index (χ3n) is 2.64. The van der Waals surface area contributed by atoms with Crippen LogP contribution in [0.2, 0.25) is 0 Å². The number of aliphatic hydroxyl groups is 1. The fourth-order valence-electron chi connectivity index (χ4n) is 1.92. The number of hydrogen-bond donors (Lipinski definition) is 3. The zero-order valence-electron chi connectivity index (χ0n) is 16.5. The summed E-state index contributed by atoms with van der Waals surface area (Å²) in [6, 6.07) is -0.355. The molecule has 8 nitrogen and oxygen atoms in total. The topological polar surface area (TPSA) is 114 Å². The van der Waals surface area contributed by atoms with E-state index in [1.165, 1.54) is 0 Å². The summed E-state index contributed by atoms with van der Waals surface area (Å²) in [5.74, 6) is -0.506. The molecule has 2 amide bonds. The van der Waals surface area contributed by atoms with E-state index in [1.54, 1.807) is 27.7 Å². The Morgan fingerprint density at radius 1 is 1.12 bits per heavy atom. The number of amides is 2. The van der Waals surface area contributed by atoms with Gasteiger partial charge in [0.25, 0.3) is 0 Å². The molecule has 0 aromatic carbocycles. The van der Waals surface area contributed by atoms with E-state index in [2.05, 4.69) is 10.6 Å². The molecule has 8 heteroatoms. The predicted octanol–water partition coefficient (Wildman–Crippen LogP) is 1.60. The highest BCUT2D eigenvalue weighted by Crippen LogP contribution is 2.11. The van der Waals surface area contributed by atoms with Crippen LogP contribution in [-0.2, 0) is 19.1 Å². The molecule has 3 N–H and O–H groups in total. The molecule has 1 atom stereocenters. The first kappa shape index (κ1) is 25.4. The monoisotopic (exact) mass is 362 g/mol. The van der Waals surface area contributed by atoms with Crippen molar-refractivity contribution in [1.82, 2.24) is 10.6 Å². The van der Waals surface area contributed by atoms with E-state index in [-0.39, 0.29) is 31.5 Å². The summed E-state index contributed by atoms with van der Waals surface area (Å²) in [7, 11) is 1.00. The molecule has 0 aliphatic carbocycles. The Morgan fingerprint density at radius 2 is 1.68 bits per heavy atom. The van der Waals surface area contributed by atoms with E-state index < -0.39 is 17.7 Å². The highest BCUT2D eigenvalue weighted by Gasteiger charge is 2.22. The molecule has 0 heterocycles. The van der Waals surface area contributed by atoms with E-state index in [4.69, 9.17) is 14.6 Å². The second-order valence-corrected chi connectivity index (χ2v) is 6.76. The zero-order valence-corrected chi connectivity index (χ0v) is 16.5. The molecular formula is C17H34N2O6. The van der Waals surface area contributed by atoms with Gasteiger partial charge in [-0.2, -0.15) is 0 Å². The summed E-state index contributed by atoms with van der Waals surface area (Å²) in [6.07, 6.45) is 0.157. The van der Waals surface area contributed by atoms with Crippen LogP contribution in [0.4, 0.5) is 4.79 Å². The van der Waals surface area contributed by atoms with Gasteiger partial charge in [0.2, 0.25) is 5.91 Å². The van der Waals surface area contributed by atoms with Crippen LogP contribution in [-0.4, -0.2) is 55.0 Å². The molecule has 0 aliphatic rings. The number of aliphatic hydroxyl groups excluding tert-OH is 1. The highest BCUT2D eigenvalue weighted by molar-refractivity contribution is 5.82. The lowest BCUT2D eigenvalue weighted by atomic mass is 10.0. The minimum atomic E-state index is -0.599. The maximum absolute atomic E-state index is 11.9. The molecule has 0 aromatic heterocycles. The molecule has 0 rings (SSSR count). The number of rotatable bonds is 8. The number of hydrogen-bond acceptors (Lipinski definition) is 6. The Hall–Kier alpha value is -1.83. The van der Waals surface area contributed by atoms with Crippen molar-refractivity contribution in [2.45, 2.75) is 66.0 Å². The number of alkyl carbamates (subject to hydrolysis) is 1. The van der Waals surface area contributed by atoms with Crippen LogP contribution in [0, 0.1) is 5.92 Å². The SMILES string of the molecule is CCOC(=O)CNC(=O)CC(CC(C)C)NC(=O)OC(C)(C)C.CO. The molecule has 0 saturated heterocycles. The van der Waals surface area contributed by atoms with Crippen LogP contribution in [0.5, 0.6) is 0 Å². The zero-order chi connectivity index (χ0) is 20.0. The first-order valence-electron chi connectivity index (χ1n) is 8.40. The minimum Gasteiger partial charge on any atom is -0.465 e. The highest BCUT2D eigenvalue weighted by atomic mass is 16.6. The molecule has 1 unspecified atom stereocenters. The molecule has 0 bridgehead atoms. The molecule has 0 spiro atoms. The lowest BCUT2D eigenvalue weighted by molar-refractivity contribution is -0.143. The van der Waals surface area contributed by atoms with Crippen molar-refractivity contribution < 1.29 is 29.0 Å².